The van der Waals surface area contributed by atoms with Gasteiger partial charge in [-0.25, -0.2) is 9.37 Å². The summed E-state index contributed by atoms with van der Waals surface area (Å²) in [6, 6.07) is 10.2. The van der Waals surface area contributed by atoms with Crippen molar-refractivity contribution < 1.29 is 13.7 Å². The maximum Gasteiger partial charge on any atom is 0.226 e. The SMILES string of the molecule is COc1ccc(Cl)cc1-c1nc(SCCCc2nc(-c3ccc(C)c(F)c3)no2)n[nH]1. The van der Waals surface area contributed by atoms with Crippen LogP contribution >= 0.6 is 23.4 Å². The van der Waals surface area contributed by atoms with Crippen LogP contribution in [0.2, 0.25) is 5.02 Å². The second-order valence-electron chi connectivity index (χ2n) is 6.74. The third kappa shape index (κ3) is 5.05. The van der Waals surface area contributed by atoms with Crippen molar-refractivity contribution in [1.29, 1.82) is 0 Å². The fourth-order valence-corrected chi connectivity index (χ4v) is 3.80. The molecule has 0 radical (unpaired) electrons. The molecule has 2 aromatic heterocycles. The van der Waals surface area contributed by atoms with E-state index in [1.807, 2.05) is 0 Å². The van der Waals surface area contributed by atoms with E-state index in [1.165, 1.54) is 17.8 Å². The molecule has 4 aromatic rings. The Morgan fingerprint density at radius 1 is 1.19 bits per heavy atom. The molecule has 2 aromatic carbocycles. The molecule has 31 heavy (non-hydrogen) atoms. The largest absolute Gasteiger partial charge is 0.496 e. The molecule has 0 aliphatic carbocycles. The molecular weight excluding hydrogens is 441 g/mol. The number of nitrogens with one attached hydrogen (secondary N) is 1. The van der Waals surface area contributed by atoms with E-state index >= 15 is 0 Å². The van der Waals surface area contributed by atoms with Crippen LogP contribution in [0.4, 0.5) is 4.39 Å². The van der Waals surface area contributed by atoms with Crippen molar-refractivity contribution >= 4 is 23.4 Å². The number of aromatic amines is 1. The molecule has 160 valence electrons. The summed E-state index contributed by atoms with van der Waals surface area (Å²) in [5, 5.41) is 12.3. The fraction of sp³-hybridized carbons (Fsp3) is 0.238. The summed E-state index contributed by atoms with van der Waals surface area (Å²) in [5.74, 6) is 2.63. The van der Waals surface area contributed by atoms with E-state index < -0.39 is 0 Å². The number of ether oxygens (including phenoxy) is 1. The van der Waals surface area contributed by atoms with Gasteiger partial charge in [-0.3, -0.25) is 5.10 Å². The number of nitrogens with zero attached hydrogens (tertiary/aromatic N) is 4. The van der Waals surface area contributed by atoms with Crippen LogP contribution in [0.15, 0.2) is 46.1 Å². The number of H-pyrrole nitrogens is 1. The Labute approximate surface area is 187 Å². The monoisotopic (exact) mass is 459 g/mol. The Morgan fingerprint density at radius 2 is 2.06 bits per heavy atom. The minimum Gasteiger partial charge on any atom is -0.496 e. The zero-order valence-corrected chi connectivity index (χ0v) is 18.4. The predicted octanol–water partition coefficient (Wildman–Crippen LogP) is 5.36. The fourth-order valence-electron chi connectivity index (χ4n) is 2.89. The van der Waals surface area contributed by atoms with Gasteiger partial charge in [-0.1, -0.05) is 40.7 Å². The number of thioether (sulfide) groups is 1. The van der Waals surface area contributed by atoms with E-state index in [1.54, 1.807) is 44.4 Å². The molecule has 0 unspecified atom stereocenters. The summed E-state index contributed by atoms with van der Waals surface area (Å²) in [6.45, 7) is 1.71. The van der Waals surface area contributed by atoms with Gasteiger partial charge in [0.1, 0.15) is 11.6 Å². The lowest BCUT2D eigenvalue weighted by Crippen LogP contribution is -1.90. The minimum atomic E-state index is -0.290. The number of methoxy groups -OCH3 is 1. The van der Waals surface area contributed by atoms with Gasteiger partial charge in [-0.05, 0) is 43.2 Å². The van der Waals surface area contributed by atoms with Crippen molar-refractivity contribution in [3.8, 4) is 28.5 Å². The van der Waals surface area contributed by atoms with Crippen LogP contribution in [0.5, 0.6) is 5.75 Å². The van der Waals surface area contributed by atoms with E-state index in [-0.39, 0.29) is 5.82 Å². The second-order valence-corrected chi connectivity index (χ2v) is 8.24. The van der Waals surface area contributed by atoms with Crippen molar-refractivity contribution in [2.24, 2.45) is 0 Å². The summed E-state index contributed by atoms with van der Waals surface area (Å²) in [7, 11) is 1.59. The van der Waals surface area contributed by atoms with E-state index in [9.17, 15) is 4.39 Å². The van der Waals surface area contributed by atoms with Crippen LogP contribution in [-0.2, 0) is 6.42 Å². The molecule has 2 heterocycles. The highest BCUT2D eigenvalue weighted by atomic mass is 35.5. The molecule has 0 fully saturated rings. The number of benzene rings is 2. The summed E-state index contributed by atoms with van der Waals surface area (Å²) >= 11 is 7.60. The van der Waals surface area contributed by atoms with Crippen LogP contribution < -0.4 is 4.74 Å². The molecule has 0 atom stereocenters. The lowest BCUT2D eigenvalue weighted by atomic mass is 10.1. The highest BCUT2D eigenvalue weighted by Crippen LogP contribution is 2.31. The second kappa shape index (κ2) is 9.49. The zero-order chi connectivity index (χ0) is 21.8. The third-order valence-corrected chi connectivity index (χ3v) is 5.71. The first kappa shape index (κ1) is 21.3. The Kier molecular flexibility index (Phi) is 6.53. The molecule has 0 saturated carbocycles. The third-order valence-electron chi connectivity index (χ3n) is 4.55. The van der Waals surface area contributed by atoms with Gasteiger partial charge in [-0.2, -0.15) is 4.98 Å². The average molecular weight is 460 g/mol. The highest BCUT2D eigenvalue weighted by Gasteiger charge is 2.13. The Balaban J connectivity index is 1.32. The number of halogens is 2. The van der Waals surface area contributed by atoms with Crippen LogP contribution in [0.1, 0.15) is 17.9 Å². The van der Waals surface area contributed by atoms with Crippen molar-refractivity contribution in [3.63, 3.8) is 0 Å². The van der Waals surface area contributed by atoms with Crippen LogP contribution in [-0.4, -0.2) is 38.2 Å². The van der Waals surface area contributed by atoms with Gasteiger partial charge in [0, 0.05) is 22.8 Å². The predicted molar refractivity (Wildman–Crippen MR) is 117 cm³/mol. The van der Waals surface area contributed by atoms with Gasteiger partial charge in [0.15, 0.2) is 5.82 Å². The first-order chi connectivity index (χ1) is 15.0. The molecule has 0 bridgehead atoms. The van der Waals surface area contributed by atoms with Gasteiger partial charge < -0.3 is 9.26 Å². The first-order valence-electron chi connectivity index (χ1n) is 9.51. The molecule has 0 aliphatic heterocycles. The van der Waals surface area contributed by atoms with Crippen LogP contribution in [0.3, 0.4) is 0 Å². The summed E-state index contributed by atoms with van der Waals surface area (Å²) in [5.41, 5.74) is 1.92. The van der Waals surface area contributed by atoms with E-state index in [2.05, 4.69) is 25.3 Å². The maximum absolute atomic E-state index is 13.7. The maximum atomic E-state index is 13.7. The Hall–Kier alpha value is -2.91. The average Bonchev–Trinajstić information content (AvgIpc) is 3.43. The molecule has 10 heteroatoms. The molecule has 4 rings (SSSR count). The van der Waals surface area contributed by atoms with Gasteiger partial charge in [0.25, 0.3) is 0 Å². The van der Waals surface area contributed by atoms with E-state index in [4.69, 9.17) is 20.9 Å². The van der Waals surface area contributed by atoms with Crippen molar-refractivity contribution in [2.75, 3.05) is 12.9 Å². The van der Waals surface area contributed by atoms with Crippen molar-refractivity contribution in [3.05, 3.63) is 58.7 Å². The summed E-state index contributed by atoms with van der Waals surface area (Å²) in [4.78, 5) is 8.85. The lowest BCUT2D eigenvalue weighted by molar-refractivity contribution is 0.378. The smallest absolute Gasteiger partial charge is 0.226 e. The highest BCUT2D eigenvalue weighted by molar-refractivity contribution is 7.99. The van der Waals surface area contributed by atoms with Gasteiger partial charge in [0.05, 0.1) is 12.7 Å². The molecule has 0 aliphatic rings. The number of hydrogen-bond donors (Lipinski definition) is 1. The molecular formula is C21H19ClFN5O2S. The number of aromatic nitrogens is 5. The van der Waals surface area contributed by atoms with Crippen LogP contribution in [0, 0.1) is 12.7 Å². The summed E-state index contributed by atoms with van der Waals surface area (Å²) in [6.07, 6.45) is 1.40. The number of hydrogen-bond acceptors (Lipinski definition) is 7. The zero-order valence-electron chi connectivity index (χ0n) is 16.9. The van der Waals surface area contributed by atoms with E-state index in [0.29, 0.717) is 51.0 Å². The molecule has 0 amide bonds. The lowest BCUT2D eigenvalue weighted by Gasteiger charge is -2.05. The minimum absolute atomic E-state index is 0.290. The van der Waals surface area contributed by atoms with Gasteiger partial charge >= 0.3 is 0 Å². The number of aryl methyl sites for hydroxylation is 2. The Morgan fingerprint density at radius 3 is 2.87 bits per heavy atom. The molecule has 7 nitrogen and oxygen atoms in total. The normalized spacial score (nSPS) is 11.1. The summed E-state index contributed by atoms with van der Waals surface area (Å²) < 4.78 is 24.4. The van der Waals surface area contributed by atoms with E-state index in [0.717, 1.165) is 17.7 Å². The van der Waals surface area contributed by atoms with Gasteiger partial charge in [-0.15, -0.1) is 5.10 Å². The van der Waals surface area contributed by atoms with Crippen molar-refractivity contribution in [1.82, 2.24) is 25.3 Å². The molecule has 0 saturated heterocycles. The quantitative estimate of drug-likeness (QED) is 0.280. The topological polar surface area (TPSA) is 89.7 Å². The molecule has 1 N–H and O–H groups in total. The molecule has 0 spiro atoms. The standard InChI is InChI=1S/C21H19ClFN5O2S/c1-12-5-6-13(10-16(12)23)19-24-18(30-28-19)4-3-9-31-21-25-20(26-27-21)15-11-14(22)7-8-17(15)29-2/h5-8,10-11H,3-4,9H2,1-2H3,(H,25,26,27). The van der Waals surface area contributed by atoms with Crippen LogP contribution in [0.25, 0.3) is 22.8 Å². The first-order valence-corrected chi connectivity index (χ1v) is 10.9. The van der Waals surface area contributed by atoms with Crippen molar-refractivity contribution in [2.45, 2.75) is 24.9 Å². The number of rotatable bonds is 8. The Bertz CT molecular complexity index is 1200. The van der Waals surface area contributed by atoms with Gasteiger partial charge in [0.2, 0.25) is 16.9 Å².